The van der Waals surface area contributed by atoms with E-state index in [0.717, 1.165) is 15.7 Å². The Labute approximate surface area is 113 Å². The Kier molecular flexibility index (Phi) is 4.19. The molecule has 0 saturated carbocycles. The number of halogens is 1. The molecule has 2 heterocycles. The van der Waals surface area contributed by atoms with Crippen molar-refractivity contribution in [2.24, 2.45) is 5.84 Å². The first-order valence-corrected chi connectivity index (χ1v) is 5.96. The van der Waals surface area contributed by atoms with E-state index in [9.17, 15) is 0 Å². The van der Waals surface area contributed by atoms with Crippen LogP contribution in [0.2, 0.25) is 0 Å². The van der Waals surface area contributed by atoms with Gasteiger partial charge in [0.15, 0.2) is 5.82 Å². The number of rotatable bonds is 4. The Morgan fingerprint density at radius 2 is 2.17 bits per heavy atom. The molecule has 0 aliphatic heterocycles. The van der Waals surface area contributed by atoms with Gasteiger partial charge in [0.05, 0.1) is 12.3 Å². The van der Waals surface area contributed by atoms with Gasteiger partial charge in [0.1, 0.15) is 5.82 Å². The van der Waals surface area contributed by atoms with Crippen molar-refractivity contribution in [3.8, 4) is 11.4 Å². The van der Waals surface area contributed by atoms with Crippen LogP contribution in [-0.2, 0) is 11.3 Å². The van der Waals surface area contributed by atoms with Crippen LogP contribution >= 0.6 is 15.9 Å². The highest BCUT2D eigenvalue weighted by molar-refractivity contribution is 9.10. The third-order valence-electron chi connectivity index (χ3n) is 2.18. The van der Waals surface area contributed by atoms with E-state index in [2.05, 4.69) is 36.3 Å². The van der Waals surface area contributed by atoms with Crippen LogP contribution in [0.25, 0.3) is 11.4 Å². The SMILES string of the molecule is COCc1cc(NN)nc(-c2cncc(Br)c2)n1. The molecule has 2 aromatic rings. The van der Waals surface area contributed by atoms with Gasteiger partial charge in [-0.25, -0.2) is 15.8 Å². The number of hydrogen-bond donors (Lipinski definition) is 2. The van der Waals surface area contributed by atoms with Crippen molar-refractivity contribution in [2.45, 2.75) is 6.61 Å². The van der Waals surface area contributed by atoms with Crippen molar-refractivity contribution in [3.63, 3.8) is 0 Å². The van der Waals surface area contributed by atoms with Crippen molar-refractivity contribution in [1.29, 1.82) is 0 Å². The molecule has 0 unspecified atom stereocenters. The fraction of sp³-hybridized carbons (Fsp3) is 0.182. The van der Waals surface area contributed by atoms with E-state index in [4.69, 9.17) is 10.6 Å². The predicted molar refractivity (Wildman–Crippen MR) is 71.5 cm³/mol. The van der Waals surface area contributed by atoms with Gasteiger partial charge in [0, 0.05) is 35.6 Å². The monoisotopic (exact) mass is 309 g/mol. The minimum Gasteiger partial charge on any atom is -0.378 e. The van der Waals surface area contributed by atoms with E-state index >= 15 is 0 Å². The first-order valence-electron chi connectivity index (χ1n) is 5.17. The maximum absolute atomic E-state index is 5.39. The first-order chi connectivity index (χ1) is 8.72. The molecule has 0 amide bonds. The second kappa shape index (κ2) is 5.85. The lowest BCUT2D eigenvalue weighted by Crippen LogP contribution is -2.11. The smallest absolute Gasteiger partial charge is 0.163 e. The molecule has 2 aromatic heterocycles. The van der Waals surface area contributed by atoms with E-state index in [1.54, 1.807) is 25.6 Å². The van der Waals surface area contributed by atoms with Crippen molar-refractivity contribution in [2.75, 3.05) is 12.5 Å². The summed E-state index contributed by atoms with van der Waals surface area (Å²) in [5.74, 6) is 6.47. The molecule has 0 aliphatic carbocycles. The number of nitrogens with zero attached hydrogens (tertiary/aromatic N) is 3. The average Bonchev–Trinajstić information content (AvgIpc) is 2.39. The zero-order chi connectivity index (χ0) is 13.0. The summed E-state index contributed by atoms with van der Waals surface area (Å²) in [6.45, 7) is 0.394. The number of hydrogen-bond acceptors (Lipinski definition) is 6. The van der Waals surface area contributed by atoms with Crippen LogP contribution in [0.1, 0.15) is 5.69 Å². The van der Waals surface area contributed by atoms with Gasteiger partial charge in [-0.1, -0.05) is 0 Å². The van der Waals surface area contributed by atoms with Gasteiger partial charge in [-0.2, -0.15) is 0 Å². The Hall–Kier alpha value is -1.57. The molecule has 0 fully saturated rings. The third-order valence-corrected chi connectivity index (χ3v) is 2.62. The number of nitrogen functional groups attached to an aromatic ring is 1. The number of pyridine rings is 1. The predicted octanol–water partition coefficient (Wildman–Crippen LogP) is 1.73. The molecule has 0 aliphatic rings. The average molecular weight is 310 g/mol. The van der Waals surface area contributed by atoms with Gasteiger partial charge in [-0.3, -0.25) is 4.98 Å². The summed E-state index contributed by atoms with van der Waals surface area (Å²) in [6, 6.07) is 3.62. The summed E-state index contributed by atoms with van der Waals surface area (Å²) >= 11 is 3.36. The number of methoxy groups -OCH3 is 1. The molecule has 6 nitrogen and oxygen atoms in total. The molecular weight excluding hydrogens is 298 g/mol. The minimum atomic E-state index is 0.394. The molecule has 7 heteroatoms. The maximum atomic E-state index is 5.39. The third kappa shape index (κ3) is 3.00. The number of ether oxygens (including phenoxy) is 1. The number of aromatic nitrogens is 3. The molecular formula is C11H12BrN5O. The summed E-state index contributed by atoms with van der Waals surface area (Å²) in [6.07, 6.45) is 3.39. The highest BCUT2D eigenvalue weighted by atomic mass is 79.9. The second-order valence-electron chi connectivity index (χ2n) is 3.54. The van der Waals surface area contributed by atoms with Gasteiger partial charge in [0.25, 0.3) is 0 Å². The topological polar surface area (TPSA) is 86.0 Å². The Morgan fingerprint density at radius 1 is 1.33 bits per heavy atom. The van der Waals surface area contributed by atoms with Crippen molar-refractivity contribution in [3.05, 3.63) is 34.7 Å². The Morgan fingerprint density at radius 3 is 2.83 bits per heavy atom. The first kappa shape index (κ1) is 12.9. The molecule has 2 rings (SSSR count). The Balaban J connectivity index is 2.46. The van der Waals surface area contributed by atoms with Gasteiger partial charge >= 0.3 is 0 Å². The number of hydrazine groups is 1. The number of anilines is 1. The summed E-state index contributed by atoms with van der Waals surface area (Å²) in [7, 11) is 1.61. The van der Waals surface area contributed by atoms with Crippen LogP contribution in [0.15, 0.2) is 29.0 Å². The van der Waals surface area contributed by atoms with E-state index < -0.39 is 0 Å². The van der Waals surface area contributed by atoms with Crippen molar-refractivity contribution in [1.82, 2.24) is 15.0 Å². The maximum Gasteiger partial charge on any atom is 0.163 e. The fourth-order valence-corrected chi connectivity index (χ4v) is 1.82. The molecule has 0 saturated heterocycles. The highest BCUT2D eigenvalue weighted by Crippen LogP contribution is 2.20. The lowest BCUT2D eigenvalue weighted by atomic mass is 10.2. The standard InChI is InChI=1S/C11H12BrN5O/c1-18-6-9-3-10(17-13)16-11(15-9)7-2-8(12)5-14-4-7/h2-5H,6,13H2,1H3,(H,15,16,17). The van der Waals surface area contributed by atoms with Crippen LogP contribution < -0.4 is 11.3 Å². The van der Waals surface area contributed by atoms with Gasteiger partial charge in [0.2, 0.25) is 0 Å². The van der Waals surface area contributed by atoms with Crippen LogP contribution in [0, 0.1) is 0 Å². The van der Waals surface area contributed by atoms with Crippen molar-refractivity contribution < 1.29 is 4.74 Å². The van der Waals surface area contributed by atoms with Gasteiger partial charge in [-0.15, -0.1) is 0 Å². The van der Waals surface area contributed by atoms with Crippen LogP contribution in [0.4, 0.5) is 5.82 Å². The largest absolute Gasteiger partial charge is 0.378 e. The van der Waals surface area contributed by atoms with E-state index in [0.29, 0.717) is 18.2 Å². The fourth-order valence-electron chi connectivity index (χ4n) is 1.46. The van der Waals surface area contributed by atoms with E-state index in [-0.39, 0.29) is 0 Å². The van der Waals surface area contributed by atoms with E-state index in [1.807, 2.05) is 6.07 Å². The molecule has 0 aromatic carbocycles. The lowest BCUT2D eigenvalue weighted by molar-refractivity contribution is 0.181. The molecule has 94 valence electrons. The van der Waals surface area contributed by atoms with E-state index in [1.165, 1.54) is 0 Å². The zero-order valence-electron chi connectivity index (χ0n) is 9.72. The molecule has 3 N–H and O–H groups in total. The molecule has 18 heavy (non-hydrogen) atoms. The van der Waals surface area contributed by atoms with Crippen molar-refractivity contribution >= 4 is 21.7 Å². The summed E-state index contributed by atoms with van der Waals surface area (Å²) in [5.41, 5.74) is 4.06. The summed E-state index contributed by atoms with van der Waals surface area (Å²) in [4.78, 5) is 12.8. The zero-order valence-corrected chi connectivity index (χ0v) is 11.3. The molecule has 0 spiro atoms. The van der Waals surface area contributed by atoms with Gasteiger partial charge < -0.3 is 10.2 Å². The lowest BCUT2D eigenvalue weighted by Gasteiger charge is -2.07. The second-order valence-corrected chi connectivity index (χ2v) is 4.45. The summed E-state index contributed by atoms with van der Waals surface area (Å²) in [5, 5.41) is 0. The van der Waals surface area contributed by atoms with Gasteiger partial charge in [-0.05, 0) is 22.0 Å². The van der Waals surface area contributed by atoms with Crippen LogP contribution in [0.3, 0.4) is 0 Å². The minimum absolute atomic E-state index is 0.394. The number of nitrogens with one attached hydrogen (secondary N) is 1. The number of nitrogens with two attached hydrogens (primary N) is 1. The quantitative estimate of drug-likeness (QED) is 0.661. The van der Waals surface area contributed by atoms with Crippen LogP contribution in [-0.4, -0.2) is 22.1 Å². The highest BCUT2D eigenvalue weighted by Gasteiger charge is 2.07. The van der Waals surface area contributed by atoms with Crippen LogP contribution in [0.5, 0.6) is 0 Å². The molecule has 0 atom stereocenters. The normalized spacial score (nSPS) is 10.4. The molecule has 0 radical (unpaired) electrons. The Bertz CT molecular complexity index is 549. The molecule has 0 bridgehead atoms. The summed E-state index contributed by atoms with van der Waals surface area (Å²) < 4.78 is 5.92.